The summed E-state index contributed by atoms with van der Waals surface area (Å²) >= 11 is 0. The van der Waals surface area contributed by atoms with Crippen molar-refractivity contribution < 1.29 is 4.74 Å². The fourth-order valence-electron chi connectivity index (χ4n) is 2.13. The first-order valence-corrected chi connectivity index (χ1v) is 5.62. The summed E-state index contributed by atoms with van der Waals surface area (Å²) in [5, 5.41) is 6.61. The summed E-state index contributed by atoms with van der Waals surface area (Å²) in [5.74, 6) is 1.10. The van der Waals surface area contributed by atoms with E-state index in [1.54, 1.807) is 0 Å². The van der Waals surface area contributed by atoms with Gasteiger partial charge in [-0.1, -0.05) is 12.1 Å². The third-order valence-corrected chi connectivity index (χ3v) is 3.13. The van der Waals surface area contributed by atoms with Gasteiger partial charge >= 0.3 is 0 Å². The van der Waals surface area contributed by atoms with Crippen LogP contribution >= 0.6 is 0 Å². The van der Waals surface area contributed by atoms with Crippen LogP contribution in [0.25, 0.3) is 0 Å². The van der Waals surface area contributed by atoms with E-state index in [2.05, 4.69) is 28.8 Å². The Morgan fingerprint density at radius 1 is 1.20 bits per heavy atom. The quantitative estimate of drug-likeness (QED) is 0.743. The third-order valence-electron chi connectivity index (χ3n) is 3.13. The molecular weight excluding hydrogens is 188 g/mol. The molecule has 2 aliphatic rings. The Bertz CT molecular complexity index is 361. The van der Waals surface area contributed by atoms with Gasteiger partial charge in [0.05, 0.1) is 0 Å². The highest BCUT2D eigenvalue weighted by Crippen LogP contribution is 2.26. The normalized spacial score (nSPS) is 20.5. The number of fused-ring (bicyclic) bond motifs is 1. The van der Waals surface area contributed by atoms with Crippen molar-refractivity contribution in [2.45, 2.75) is 19.1 Å². The first-order chi connectivity index (χ1) is 7.43. The number of hydrogen-bond donors (Lipinski definition) is 2. The summed E-state index contributed by atoms with van der Waals surface area (Å²) in [4.78, 5) is 0. The molecule has 3 rings (SSSR count). The second-order valence-electron chi connectivity index (χ2n) is 4.22. The first kappa shape index (κ1) is 9.19. The van der Waals surface area contributed by atoms with Gasteiger partial charge in [-0.25, -0.2) is 0 Å². The average molecular weight is 204 g/mol. The smallest absolute Gasteiger partial charge is 0.123 e. The zero-order valence-corrected chi connectivity index (χ0v) is 8.75. The lowest BCUT2D eigenvalue weighted by molar-refractivity contribution is 0.140. The molecule has 0 amide bonds. The van der Waals surface area contributed by atoms with Gasteiger partial charge < -0.3 is 15.4 Å². The molecule has 0 aromatic heterocycles. The minimum Gasteiger partial charge on any atom is -0.487 e. The number of rotatable bonds is 2. The third kappa shape index (κ3) is 1.73. The van der Waals surface area contributed by atoms with Gasteiger partial charge in [0.2, 0.25) is 0 Å². The second kappa shape index (κ2) is 3.83. The molecule has 1 aromatic carbocycles. The van der Waals surface area contributed by atoms with E-state index in [1.807, 2.05) is 0 Å². The van der Waals surface area contributed by atoms with Crippen LogP contribution in [0, 0.1) is 0 Å². The molecule has 0 radical (unpaired) electrons. The molecule has 3 heteroatoms. The summed E-state index contributed by atoms with van der Waals surface area (Å²) in [5.41, 5.74) is 2.80. The lowest BCUT2D eigenvalue weighted by Crippen LogP contribution is -2.50. The molecule has 0 saturated carbocycles. The van der Waals surface area contributed by atoms with Crippen LogP contribution < -0.4 is 15.4 Å². The topological polar surface area (TPSA) is 33.3 Å². The van der Waals surface area contributed by atoms with Crippen LogP contribution in [0.15, 0.2) is 18.2 Å². The van der Waals surface area contributed by atoms with Gasteiger partial charge in [0.15, 0.2) is 0 Å². The van der Waals surface area contributed by atoms with E-state index in [0.717, 1.165) is 38.3 Å². The summed E-state index contributed by atoms with van der Waals surface area (Å²) in [7, 11) is 0. The molecular formula is C12H16N2O. The molecule has 80 valence electrons. The van der Waals surface area contributed by atoms with Crippen LogP contribution in [0.5, 0.6) is 5.75 Å². The maximum atomic E-state index is 5.96. The van der Waals surface area contributed by atoms with Gasteiger partial charge in [-0.3, -0.25) is 0 Å². The SMILES string of the molecule is c1cc2c(c(OC3CNC3)c1)CCNC2. The summed E-state index contributed by atoms with van der Waals surface area (Å²) < 4.78 is 5.96. The molecule has 2 aliphatic heterocycles. The van der Waals surface area contributed by atoms with Crippen molar-refractivity contribution in [3.05, 3.63) is 29.3 Å². The lowest BCUT2D eigenvalue weighted by atomic mass is 10.00. The van der Waals surface area contributed by atoms with Crippen LogP contribution in [0.2, 0.25) is 0 Å². The second-order valence-corrected chi connectivity index (χ2v) is 4.22. The van der Waals surface area contributed by atoms with Gasteiger partial charge in [0.25, 0.3) is 0 Å². The van der Waals surface area contributed by atoms with Gasteiger partial charge in [-0.2, -0.15) is 0 Å². The zero-order valence-electron chi connectivity index (χ0n) is 8.75. The molecule has 2 N–H and O–H groups in total. The van der Waals surface area contributed by atoms with E-state index in [1.165, 1.54) is 11.1 Å². The number of nitrogens with one attached hydrogen (secondary N) is 2. The molecule has 1 saturated heterocycles. The van der Waals surface area contributed by atoms with E-state index in [0.29, 0.717) is 6.10 Å². The van der Waals surface area contributed by atoms with Gasteiger partial charge in [0, 0.05) is 19.6 Å². The highest BCUT2D eigenvalue weighted by atomic mass is 16.5. The highest BCUT2D eigenvalue weighted by Gasteiger charge is 2.21. The van der Waals surface area contributed by atoms with Crippen molar-refractivity contribution in [3.8, 4) is 5.75 Å². The Morgan fingerprint density at radius 3 is 2.93 bits per heavy atom. The Balaban J connectivity index is 1.85. The van der Waals surface area contributed by atoms with Crippen molar-refractivity contribution in [2.24, 2.45) is 0 Å². The van der Waals surface area contributed by atoms with Crippen LogP contribution in [-0.2, 0) is 13.0 Å². The average Bonchev–Trinajstić information content (AvgIpc) is 2.23. The highest BCUT2D eigenvalue weighted by molar-refractivity contribution is 5.41. The Morgan fingerprint density at radius 2 is 2.13 bits per heavy atom. The van der Waals surface area contributed by atoms with Gasteiger partial charge in [0.1, 0.15) is 11.9 Å². The summed E-state index contributed by atoms with van der Waals surface area (Å²) in [6.45, 7) is 4.02. The molecule has 0 aliphatic carbocycles. The number of hydrogen-bond acceptors (Lipinski definition) is 3. The minimum atomic E-state index is 0.381. The number of ether oxygens (including phenoxy) is 1. The van der Waals surface area contributed by atoms with Crippen molar-refractivity contribution >= 4 is 0 Å². The van der Waals surface area contributed by atoms with Crippen LogP contribution in [-0.4, -0.2) is 25.7 Å². The molecule has 1 aromatic rings. The van der Waals surface area contributed by atoms with E-state index in [4.69, 9.17) is 4.74 Å². The zero-order chi connectivity index (χ0) is 10.1. The standard InChI is InChI=1S/C12H16N2O/c1-2-9-6-13-5-4-11(9)12(3-1)15-10-7-14-8-10/h1-3,10,13-14H,4-8H2. The fraction of sp³-hybridized carbons (Fsp3) is 0.500. The molecule has 0 spiro atoms. The monoisotopic (exact) mass is 204 g/mol. The molecule has 0 unspecified atom stereocenters. The Labute approximate surface area is 89.8 Å². The predicted molar refractivity (Wildman–Crippen MR) is 59.1 cm³/mol. The van der Waals surface area contributed by atoms with E-state index >= 15 is 0 Å². The van der Waals surface area contributed by atoms with Gasteiger partial charge in [-0.15, -0.1) is 0 Å². The van der Waals surface area contributed by atoms with Crippen LogP contribution in [0.3, 0.4) is 0 Å². The van der Waals surface area contributed by atoms with E-state index in [9.17, 15) is 0 Å². The van der Waals surface area contributed by atoms with E-state index in [-0.39, 0.29) is 0 Å². The molecule has 2 heterocycles. The van der Waals surface area contributed by atoms with Crippen molar-refractivity contribution in [3.63, 3.8) is 0 Å². The fourth-order valence-corrected chi connectivity index (χ4v) is 2.13. The number of benzene rings is 1. The van der Waals surface area contributed by atoms with Gasteiger partial charge in [-0.05, 0) is 30.2 Å². The largest absolute Gasteiger partial charge is 0.487 e. The van der Waals surface area contributed by atoms with Crippen molar-refractivity contribution in [1.82, 2.24) is 10.6 Å². The molecule has 15 heavy (non-hydrogen) atoms. The molecule has 0 atom stereocenters. The predicted octanol–water partition coefficient (Wildman–Crippen LogP) is 0.683. The summed E-state index contributed by atoms with van der Waals surface area (Å²) in [6, 6.07) is 6.38. The minimum absolute atomic E-state index is 0.381. The van der Waals surface area contributed by atoms with Crippen molar-refractivity contribution in [1.29, 1.82) is 0 Å². The molecule has 1 fully saturated rings. The van der Waals surface area contributed by atoms with Crippen molar-refractivity contribution in [2.75, 3.05) is 19.6 Å². The van der Waals surface area contributed by atoms with E-state index < -0.39 is 0 Å². The molecule has 0 bridgehead atoms. The Kier molecular flexibility index (Phi) is 2.35. The van der Waals surface area contributed by atoms with Crippen LogP contribution in [0.4, 0.5) is 0 Å². The first-order valence-electron chi connectivity index (χ1n) is 5.62. The summed E-state index contributed by atoms with van der Waals surface area (Å²) in [6.07, 6.45) is 1.47. The Hall–Kier alpha value is -1.06. The lowest BCUT2D eigenvalue weighted by Gasteiger charge is -2.30. The maximum Gasteiger partial charge on any atom is 0.123 e. The molecule has 3 nitrogen and oxygen atoms in total. The maximum absolute atomic E-state index is 5.96. The van der Waals surface area contributed by atoms with Crippen LogP contribution in [0.1, 0.15) is 11.1 Å².